The zero-order chi connectivity index (χ0) is 18.9. The summed E-state index contributed by atoms with van der Waals surface area (Å²) in [5.41, 5.74) is 0.871. The predicted octanol–water partition coefficient (Wildman–Crippen LogP) is 2.97. The number of ether oxygens (including phenoxy) is 3. The highest BCUT2D eigenvalue weighted by atomic mass is 16.5. The molecule has 0 aromatic heterocycles. The van der Waals surface area contributed by atoms with Crippen LogP contribution in [-0.2, 0) is 20.7 Å². The molecule has 1 amide bonds. The maximum Gasteiger partial charge on any atom is 0.306 e. The van der Waals surface area contributed by atoms with Crippen LogP contribution in [0.4, 0.5) is 0 Å². The van der Waals surface area contributed by atoms with Gasteiger partial charge in [-0.3, -0.25) is 9.59 Å². The van der Waals surface area contributed by atoms with Crippen molar-refractivity contribution >= 4 is 11.9 Å². The number of hydrogen-bond donors (Lipinski definition) is 0. The number of para-hydroxylation sites is 1. The van der Waals surface area contributed by atoms with Crippen LogP contribution < -0.4 is 9.47 Å². The molecule has 2 rings (SSSR count). The second-order valence-electron chi connectivity index (χ2n) is 6.52. The molecule has 26 heavy (non-hydrogen) atoms. The van der Waals surface area contributed by atoms with Crippen LogP contribution in [0.25, 0.3) is 0 Å². The third kappa shape index (κ3) is 5.38. The molecule has 1 saturated heterocycles. The average Bonchev–Trinajstić information content (AvgIpc) is 2.94. The molecule has 1 heterocycles. The van der Waals surface area contributed by atoms with Crippen LogP contribution in [0.1, 0.15) is 44.6 Å². The fourth-order valence-electron chi connectivity index (χ4n) is 3.24. The fraction of sp³-hybridized carbons (Fsp3) is 0.600. The molecule has 144 valence electrons. The first kappa shape index (κ1) is 20.1. The smallest absolute Gasteiger partial charge is 0.306 e. The Morgan fingerprint density at radius 1 is 1.08 bits per heavy atom. The van der Waals surface area contributed by atoms with Gasteiger partial charge in [0.1, 0.15) is 0 Å². The van der Waals surface area contributed by atoms with E-state index in [1.165, 1.54) is 0 Å². The van der Waals surface area contributed by atoms with E-state index in [-0.39, 0.29) is 18.3 Å². The molecule has 0 spiro atoms. The van der Waals surface area contributed by atoms with Crippen molar-refractivity contribution in [2.45, 2.75) is 51.6 Å². The summed E-state index contributed by atoms with van der Waals surface area (Å²) in [6, 6.07) is 5.55. The van der Waals surface area contributed by atoms with E-state index in [2.05, 4.69) is 0 Å². The van der Waals surface area contributed by atoms with Crippen LogP contribution in [0.2, 0.25) is 0 Å². The molecule has 1 aromatic carbocycles. The van der Waals surface area contributed by atoms with Crippen molar-refractivity contribution in [3.05, 3.63) is 23.8 Å². The van der Waals surface area contributed by atoms with Gasteiger partial charge in [0.2, 0.25) is 0 Å². The average molecular weight is 363 g/mol. The lowest BCUT2D eigenvalue weighted by Crippen LogP contribution is -2.40. The highest BCUT2D eigenvalue weighted by Crippen LogP contribution is 2.31. The van der Waals surface area contributed by atoms with Gasteiger partial charge in [-0.05, 0) is 37.8 Å². The minimum Gasteiger partial charge on any atom is -0.493 e. The molecule has 0 saturated carbocycles. The second kappa shape index (κ2) is 10.0. The van der Waals surface area contributed by atoms with Crippen molar-refractivity contribution in [2.75, 3.05) is 27.3 Å². The minimum absolute atomic E-state index is 0.0980. The number of esters is 1. The van der Waals surface area contributed by atoms with Crippen LogP contribution in [-0.4, -0.2) is 50.2 Å². The number of carbonyl (C=O) groups is 2. The molecule has 1 aromatic rings. The Morgan fingerprint density at radius 2 is 1.77 bits per heavy atom. The van der Waals surface area contributed by atoms with Gasteiger partial charge in [-0.1, -0.05) is 25.0 Å². The molecule has 1 aliphatic rings. The van der Waals surface area contributed by atoms with E-state index in [1.54, 1.807) is 21.1 Å². The predicted molar refractivity (Wildman–Crippen MR) is 98.5 cm³/mol. The number of amides is 1. The lowest BCUT2D eigenvalue weighted by Gasteiger charge is -2.24. The summed E-state index contributed by atoms with van der Waals surface area (Å²) in [5, 5.41) is 0. The van der Waals surface area contributed by atoms with Crippen LogP contribution >= 0.6 is 0 Å². The van der Waals surface area contributed by atoms with Crippen LogP contribution in [0.15, 0.2) is 18.2 Å². The Balaban J connectivity index is 1.87. The van der Waals surface area contributed by atoms with Gasteiger partial charge in [0.25, 0.3) is 5.91 Å². The number of rotatable bonds is 7. The van der Waals surface area contributed by atoms with Crippen LogP contribution in [0, 0.1) is 0 Å². The van der Waals surface area contributed by atoms with Crippen molar-refractivity contribution in [2.24, 2.45) is 0 Å². The summed E-state index contributed by atoms with van der Waals surface area (Å²) < 4.78 is 16.0. The molecule has 1 atom stereocenters. The zero-order valence-corrected chi connectivity index (χ0v) is 16.0. The lowest BCUT2D eigenvalue weighted by atomic mass is 10.1. The number of benzene rings is 1. The van der Waals surface area contributed by atoms with E-state index in [1.807, 2.05) is 23.1 Å². The maximum absolute atomic E-state index is 12.5. The molecule has 0 aliphatic carbocycles. The lowest BCUT2D eigenvalue weighted by molar-refractivity contribution is -0.159. The van der Waals surface area contributed by atoms with Gasteiger partial charge in [0, 0.05) is 19.5 Å². The summed E-state index contributed by atoms with van der Waals surface area (Å²) >= 11 is 0. The van der Waals surface area contributed by atoms with Crippen LogP contribution in [0.3, 0.4) is 0 Å². The van der Waals surface area contributed by atoms with Gasteiger partial charge in [-0.25, -0.2) is 0 Å². The monoisotopic (exact) mass is 363 g/mol. The van der Waals surface area contributed by atoms with Crippen molar-refractivity contribution in [3.8, 4) is 11.5 Å². The Morgan fingerprint density at radius 3 is 2.38 bits per heavy atom. The molecule has 0 bridgehead atoms. The van der Waals surface area contributed by atoms with E-state index in [9.17, 15) is 9.59 Å². The molecule has 1 fully saturated rings. The quantitative estimate of drug-likeness (QED) is 0.697. The zero-order valence-electron chi connectivity index (χ0n) is 16.0. The van der Waals surface area contributed by atoms with Crippen LogP contribution in [0.5, 0.6) is 11.5 Å². The SMILES string of the molecule is COc1cccc(CCC(=O)OC(C)C(=O)N2CCCCCC2)c1OC. The number of hydrogen-bond acceptors (Lipinski definition) is 5. The van der Waals surface area contributed by atoms with Gasteiger partial charge in [0.15, 0.2) is 17.6 Å². The topological polar surface area (TPSA) is 65.1 Å². The molecule has 1 unspecified atom stereocenters. The van der Waals surface area contributed by atoms with Gasteiger partial charge in [-0.15, -0.1) is 0 Å². The summed E-state index contributed by atoms with van der Waals surface area (Å²) in [7, 11) is 3.15. The molecular formula is C20H29NO5. The summed E-state index contributed by atoms with van der Waals surface area (Å²) in [6.45, 7) is 3.15. The summed E-state index contributed by atoms with van der Waals surface area (Å²) in [5.74, 6) is 0.768. The first-order valence-corrected chi connectivity index (χ1v) is 9.25. The van der Waals surface area contributed by atoms with Crippen molar-refractivity contribution < 1.29 is 23.8 Å². The molecule has 0 N–H and O–H groups in total. The van der Waals surface area contributed by atoms with Crippen molar-refractivity contribution in [1.29, 1.82) is 0 Å². The normalized spacial score (nSPS) is 15.7. The summed E-state index contributed by atoms with van der Waals surface area (Å²) in [4.78, 5) is 26.4. The molecule has 6 heteroatoms. The van der Waals surface area contributed by atoms with Gasteiger partial charge < -0.3 is 19.1 Å². The van der Waals surface area contributed by atoms with E-state index < -0.39 is 6.10 Å². The third-order valence-electron chi connectivity index (χ3n) is 4.66. The number of nitrogens with zero attached hydrogens (tertiary/aromatic N) is 1. The fourth-order valence-corrected chi connectivity index (χ4v) is 3.24. The van der Waals surface area contributed by atoms with E-state index >= 15 is 0 Å². The minimum atomic E-state index is -0.743. The van der Waals surface area contributed by atoms with Crippen molar-refractivity contribution in [1.82, 2.24) is 4.90 Å². The first-order chi connectivity index (χ1) is 12.6. The Labute approximate surface area is 155 Å². The third-order valence-corrected chi connectivity index (χ3v) is 4.66. The van der Waals surface area contributed by atoms with E-state index in [0.717, 1.165) is 44.3 Å². The number of likely N-dealkylation sites (tertiary alicyclic amines) is 1. The first-order valence-electron chi connectivity index (χ1n) is 9.25. The standard InChI is InChI=1S/C20H29NO5/c1-15(20(23)21-13-6-4-5-7-14-21)26-18(22)12-11-16-9-8-10-17(24-2)19(16)25-3/h8-10,15H,4-7,11-14H2,1-3H3. The highest BCUT2D eigenvalue weighted by molar-refractivity contribution is 5.83. The van der Waals surface area contributed by atoms with Gasteiger partial charge in [-0.2, -0.15) is 0 Å². The molecular weight excluding hydrogens is 334 g/mol. The molecule has 0 radical (unpaired) electrons. The molecule has 6 nitrogen and oxygen atoms in total. The van der Waals surface area contributed by atoms with Gasteiger partial charge in [0.05, 0.1) is 14.2 Å². The van der Waals surface area contributed by atoms with E-state index in [0.29, 0.717) is 17.9 Å². The Kier molecular flexibility index (Phi) is 7.75. The number of aryl methyl sites for hydroxylation is 1. The highest BCUT2D eigenvalue weighted by Gasteiger charge is 2.24. The summed E-state index contributed by atoms with van der Waals surface area (Å²) in [6.07, 6.45) is 4.24. The largest absolute Gasteiger partial charge is 0.493 e. The Hall–Kier alpha value is -2.24. The van der Waals surface area contributed by atoms with Crippen molar-refractivity contribution in [3.63, 3.8) is 0 Å². The Bertz CT molecular complexity index is 608. The molecule has 1 aliphatic heterocycles. The maximum atomic E-state index is 12.5. The second-order valence-corrected chi connectivity index (χ2v) is 6.52. The number of carbonyl (C=O) groups excluding carboxylic acids is 2. The van der Waals surface area contributed by atoms with E-state index in [4.69, 9.17) is 14.2 Å². The number of methoxy groups -OCH3 is 2. The van der Waals surface area contributed by atoms with Gasteiger partial charge >= 0.3 is 5.97 Å².